The predicted octanol–water partition coefficient (Wildman–Crippen LogP) is 4.59. The molecule has 0 aliphatic carbocycles. The smallest absolute Gasteiger partial charge is 0.336 e. The number of aromatic carboxylic acids is 1. The molecule has 0 aliphatic rings. The third-order valence-corrected chi connectivity index (χ3v) is 3.13. The molecule has 2 aromatic rings. The third-order valence-electron chi connectivity index (χ3n) is 2.22. The molecule has 5 heteroatoms. The summed E-state index contributed by atoms with van der Waals surface area (Å²) < 4.78 is 6.04. The number of hydrogen-bond acceptors (Lipinski definition) is 2. The van der Waals surface area contributed by atoms with Gasteiger partial charge in [-0.15, -0.1) is 0 Å². The average Bonchev–Trinajstić information content (AvgIpc) is 2.32. The molecule has 0 bridgehead atoms. The minimum Gasteiger partial charge on any atom is -0.478 e. The minimum atomic E-state index is -0.986. The van der Waals surface area contributed by atoms with E-state index in [-0.39, 0.29) is 5.56 Å². The highest BCUT2D eigenvalue weighted by molar-refractivity contribution is 9.10. The summed E-state index contributed by atoms with van der Waals surface area (Å²) in [5.41, 5.74) is 0.193. The van der Waals surface area contributed by atoms with Gasteiger partial charge >= 0.3 is 5.97 Å². The van der Waals surface area contributed by atoms with E-state index in [2.05, 4.69) is 15.9 Å². The lowest BCUT2D eigenvalue weighted by molar-refractivity contribution is 0.0696. The molecule has 92 valence electrons. The zero-order valence-electron chi connectivity index (χ0n) is 9.06. The average molecular weight is 328 g/mol. The first kappa shape index (κ1) is 12.9. The van der Waals surface area contributed by atoms with Crippen molar-refractivity contribution in [3.63, 3.8) is 0 Å². The molecule has 0 unspecified atom stereocenters. The van der Waals surface area contributed by atoms with E-state index in [1.165, 1.54) is 6.07 Å². The molecule has 0 saturated carbocycles. The van der Waals surface area contributed by atoms with Crippen LogP contribution in [0.5, 0.6) is 11.5 Å². The van der Waals surface area contributed by atoms with Crippen LogP contribution in [0, 0.1) is 0 Å². The van der Waals surface area contributed by atoms with E-state index in [0.29, 0.717) is 21.0 Å². The SMILES string of the molecule is O=C(O)c1ccc(Oc2ccc(Cl)cc2)cc1Br. The second-order valence-corrected chi connectivity index (χ2v) is 4.79. The number of benzene rings is 2. The zero-order chi connectivity index (χ0) is 13.1. The van der Waals surface area contributed by atoms with E-state index in [1.54, 1.807) is 36.4 Å². The van der Waals surface area contributed by atoms with E-state index >= 15 is 0 Å². The maximum Gasteiger partial charge on any atom is 0.336 e. The van der Waals surface area contributed by atoms with Crippen LogP contribution in [0.2, 0.25) is 5.02 Å². The van der Waals surface area contributed by atoms with E-state index in [9.17, 15) is 4.79 Å². The first-order valence-corrected chi connectivity index (χ1v) is 6.19. The molecule has 2 aromatic carbocycles. The van der Waals surface area contributed by atoms with Gasteiger partial charge in [0.1, 0.15) is 11.5 Å². The van der Waals surface area contributed by atoms with E-state index in [4.69, 9.17) is 21.4 Å². The van der Waals surface area contributed by atoms with Gasteiger partial charge in [0.2, 0.25) is 0 Å². The maximum absolute atomic E-state index is 10.8. The van der Waals surface area contributed by atoms with Crippen LogP contribution in [0.1, 0.15) is 10.4 Å². The normalized spacial score (nSPS) is 10.1. The highest BCUT2D eigenvalue weighted by atomic mass is 79.9. The predicted molar refractivity (Wildman–Crippen MR) is 72.6 cm³/mol. The molecule has 0 atom stereocenters. The summed E-state index contributed by atoms with van der Waals surface area (Å²) in [6, 6.07) is 11.6. The minimum absolute atomic E-state index is 0.193. The fourth-order valence-electron chi connectivity index (χ4n) is 1.37. The summed E-state index contributed by atoms with van der Waals surface area (Å²) >= 11 is 8.96. The number of halogens is 2. The van der Waals surface area contributed by atoms with Crippen molar-refractivity contribution >= 4 is 33.5 Å². The van der Waals surface area contributed by atoms with Gasteiger partial charge in [0.15, 0.2) is 0 Å². The first-order valence-electron chi connectivity index (χ1n) is 5.02. The lowest BCUT2D eigenvalue weighted by Crippen LogP contribution is -1.97. The molecular weight excluding hydrogens is 319 g/mol. The van der Waals surface area contributed by atoms with Crippen LogP contribution in [0.25, 0.3) is 0 Å². The summed E-state index contributed by atoms with van der Waals surface area (Å²) in [5, 5.41) is 9.52. The fraction of sp³-hybridized carbons (Fsp3) is 0. The van der Waals surface area contributed by atoms with Crippen molar-refractivity contribution in [1.82, 2.24) is 0 Å². The van der Waals surface area contributed by atoms with Gasteiger partial charge in [-0.25, -0.2) is 4.79 Å². The number of carbonyl (C=O) groups is 1. The van der Waals surface area contributed by atoms with Crippen molar-refractivity contribution in [2.75, 3.05) is 0 Å². The van der Waals surface area contributed by atoms with Crippen LogP contribution in [0.4, 0.5) is 0 Å². The summed E-state index contributed by atoms with van der Waals surface area (Å²) in [7, 11) is 0. The van der Waals surface area contributed by atoms with Gasteiger partial charge in [0, 0.05) is 9.50 Å². The number of rotatable bonds is 3. The standard InChI is InChI=1S/C13H8BrClO3/c14-12-7-10(5-6-11(12)13(16)17)18-9-3-1-8(15)2-4-9/h1-7H,(H,16,17). The molecule has 0 aromatic heterocycles. The molecule has 0 fully saturated rings. The third kappa shape index (κ3) is 3.03. The molecule has 18 heavy (non-hydrogen) atoms. The fourth-order valence-corrected chi connectivity index (χ4v) is 2.02. The summed E-state index contributed by atoms with van der Waals surface area (Å²) in [4.78, 5) is 10.8. The molecule has 0 spiro atoms. The van der Waals surface area contributed by atoms with Crippen LogP contribution >= 0.6 is 27.5 Å². The number of carboxylic acids is 1. The van der Waals surface area contributed by atoms with Crippen molar-refractivity contribution in [3.8, 4) is 11.5 Å². The molecule has 0 aliphatic heterocycles. The van der Waals surface area contributed by atoms with Crippen LogP contribution in [-0.4, -0.2) is 11.1 Å². The van der Waals surface area contributed by atoms with E-state index in [0.717, 1.165) is 0 Å². The van der Waals surface area contributed by atoms with Gasteiger partial charge in [-0.05, 0) is 58.4 Å². The molecule has 2 rings (SSSR count). The Balaban J connectivity index is 2.22. The quantitative estimate of drug-likeness (QED) is 0.896. The van der Waals surface area contributed by atoms with Gasteiger partial charge in [0.25, 0.3) is 0 Å². The van der Waals surface area contributed by atoms with Gasteiger partial charge in [-0.3, -0.25) is 0 Å². The Morgan fingerprint density at radius 2 is 1.72 bits per heavy atom. The highest BCUT2D eigenvalue weighted by Gasteiger charge is 2.09. The molecule has 0 heterocycles. The lowest BCUT2D eigenvalue weighted by atomic mass is 10.2. The van der Waals surface area contributed by atoms with Gasteiger partial charge < -0.3 is 9.84 Å². The van der Waals surface area contributed by atoms with Gasteiger partial charge in [-0.2, -0.15) is 0 Å². The Labute approximate surface area is 117 Å². The Kier molecular flexibility index (Phi) is 3.89. The molecule has 1 N–H and O–H groups in total. The molecule has 0 amide bonds. The summed E-state index contributed by atoms with van der Waals surface area (Å²) in [6.07, 6.45) is 0. The second kappa shape index (κ2) is 5.42. The van der Waals surface area contributed by atoms with Gasteiger partial charge in [0.05, 0.1) is 5.56 Å². The lowest BCUT2D eigenvalue weighted by Gasteiger charge is -2.07. The summed E-state index contributed by atoms with van der Waals surface area (Å²) in [6.45, 7) is 0. The Morgan fingerprint density at radius 3 is 2.28 bits per heavy atom. The van der Waals surface area contributed by atoms with Crippen molar-refractivity contribution in [2.45, 2.75) is 0 Å². The Morgan fingerprint density at radius 1 is 1.11 bits per heavy atom. The molecule has 0 radical (unpaired) electrons. The van der Waals surface area contributed by atoms with Crippen LogP contribution in [-0.2, 0) is 0 Å². The number of hydrogen-bond donors (Lipinski definition) is 1. The van der Waals surface area contributed by atoms with Crippen molar-refractivity contribution in [3.05, 3.63) is 57.5 Å². The monoisotopic (exact) mass is 326 g/mol. The Hall–Kier alpha value is -1.52. The first-order chi connectivity index (χ1) is 8.56. The van der Waals surface area contributed by atoms with E-state index in [1.807, 2.05) is 0 Å². The highest BCUT2D eigenvalue weighted by Crippen LogP contribution is 2.27. The molecule has 0 saturated heterocycles. The van der Waals surface area contributed by atoms with Crippen LogP contribution < -0.4 is 4.74 Å². The van der Waals surface area contributed by atoms with Crippen molar-refractivity contribution in [1.29, 1.82) is 0 Å². The van der Waals surface area contributed by atoms with Crippen molar-refractivity contribution in [2.24, 2.45) is 0 Å². The van der Waals surface area contributed by atoms with E-state index < -0.39 is 5.97 Å². The Bertz CT molecular complexity index is 581. The molecule has 3 nitrogen and oxygen atoms in total. The van der Waals surface area contributed by atoms with Crippen LogP contribution in [0.15, 0.2) is 46.9 Å². The largest absolute Gasteiger partial charge is 0.478 e. The van der Waals surface area contributed by atoms with Crippen molar-refractivity contribution < 1.29 is 14.6 Å². The maximum atomic E-state index is 10.8. The zero-order valence-corrected chi connectivity index (χ0v) is 11.4. The number of ether oxygens (including phenoxy) is 1. The summed E-state index contributed by atoms with van der Waals surface area (Å²) in [5.74, 6) is 0.198. The molecular formula is C13H8BrClO3. The van der Waals surface area contributed by atoms with Crippen LogP contribution in [0.3, 0.4) is 0 Å². The topological polar surface area (TPSA) is 46.5 Å². The van der Waals surface area contributed by atoms with Gasteiger partial charge in [-0.1, -0.05) is 11.6 Å². The second-order valence-electron chi connectivity index (χ2n) is 3.50. The number of carboxylic acid groups (broad SMARTS) is 1.